The highest BCUT2D eigenvalue weighted by Gasteiger charge is 2.11. The van der Waals surface area contributed by atoms with Gasteiger partial charge in [-0.05, 0) is 50.5 Å². The van der Waals surface area contributed by atoms with Gasteiger partial charge in [0.1, 0.15) is 0 Å². The minimum absolute atomic E-state index is 0.506. The van der Waals surface area contributed by atoms with E-state index in [0.29, 0.717) is 12.1 Å². The van der Waals surface area contributed by atoms with E-state index in [9.17, 15) is 0 Å². The fourth-order valence-electron chi connectivity index (χ4n) is 2.79. The summed E-state index contributed by atoms with van der Waals surface area (Å²) < 4.78 is 0. The quantitative estimate of drug-likeness (QED) is 0.568. The van der Waals surface area contributed by atoms with Crippen LogP contribution in [-0.2, 0) is 9.59 Å². The molecule has 158 valence electrons. The number of aliphatic carboxylic acids is 2. The van der Waals surface area contributed by atoms with Crippen LogP contribution >= 0.6 is 0 Å². The molecule has 5 nitrogen and oxygen atoms in total. The first-order valence-corrected chi connectivity index (χ1v) is 9.75. The molecular formula is C25H29NO4. The summed E-state index contributed by atoms with van der Waals surface area (Å²) in [6.45, 7) is 9.67. The van der Waals surface area contributed by atoms with Crippen molar-refractivity contribution in [2.45, 2.75) is 39.8 Å². The van der Waals surface area contributed by atoms with Gasteiger partial charge in [0.2, 0.25) is 0 Å². The van der Waals surface area contributed by atoms with Crippen LogP contribution in [0.25, 0.3) is 5.57 Å². The maximum Gasteiger partial charge on any atom is 0.414 e. The lowest BCUT2D eigenvalue weighted by Gasteiger charge is -2.28. The molecule has 2 aromatic rings. The van der Waals surface area contributed by atoms with Crippen molar-refractivity contribution < 1.29 is 19.8 Å². The molecule has 0 saturated carbocycles. The predicted molar refractivity (Wildman–Crippen MR) is 120 cm³/mol. The highest BCUT2D eigenvalue weighted by molar-refractivity contribution is 6.27. The summed E-state index contributed by atoms with van der Waals surface area (Å²) in [7, 11) is 0. The number of hydrogen-bond acceptors (Lipinski definition) is 3. The maximum atomic E-state index is 9.10. The largest absolute Gasteiger partial charge is 0.473 e. The van der Waals surface area contributed by atoms with Crippen molar-refractivity contribution in [2.24, 2.45) is 0 Å². The molecule has 0 saturated heterocycles. The normalized spacial score (nSPS) is 9.97. The number of carboxylic acid groups (broad SMARTS) is 2. The Labute approximate surface area is 178 Å². The standard InChI is InChI=1S/C23H27N.C2H2O4/c1-19(2)24(20(3)4)18-12-11-17-23(21-13-7-5-8-14-21)22-15-9-6-10-16-22;3-1(4)2(5)6/h5-10,13-17,19-20H,18H2,1-4H3;(H,3,4)(H,5,6). The number of benzene rings is 2. The average molecular weight is 408 g/mol. The Morgan fingerprint density at radius 3 is 1.57 bits per heavy atom. The Morgan fingerprint density at radius 1 is 0.833 bits per heavy atom. The maximum absolute atomic E-state index is 9.10. The van der Waals surface area contributed by atoms with Crippen LogP contribution in [0.5, 0.6) is 0 Å². The fraction of sp³-hybridized carbons (Fsp3) is 0.280. The topological polar surface area (TPSA) is 77.8 Å². The van der Waals surface area contributed by atoms with Crippen molar-refractivity contribution in [3.8, 4) is 11.8 Å². The Kier molecular flexibility index (Phi) is 10.7. The predicted octanol–water partition coefficient (Wildman–Crippen LogP) is 4.40. The molecule has 0 atom stereocenters. The molecule has 0 amide bonds. The van der Waals surface area contributed by atoms with Crippen molar-refractivity contribution in [3.05, 3.63) is 77.9 Å². The Morgan fingerprint density at radius 2 is 1.23 bits per heavy atom. The van der Waals surface area contributed by atoms with Gasteiger partial charge in [-0.3, -0.25) is 4.90 Å². The van der Waals surface area contributed by atoms with Crippen molar-refractivity contribution in [2.75, 3.05) is 6.54 Å². The van der Waals surface area contributed by atoms with Gasteiger partial charge >= 0.3 is 11.9 Å². The third kappa shape index (κ3) is 8.76. The molecule has 2 rings (SSSR count). The molecule has 5 heteroatoms. The van der Waals surface area contributed by atoms with Crippen LogP contribution < -0.4 is 0 Å². The first kappa shape index (κ1) is 24.7. The van der Waals surface area contributed by atoms with Crippen molar-refractivity contribution in [3.63, 3.8) is 0 Å². The minimum atomic E-state index is -1.82. The molecule has 2 N–H and O–H groups in total. The smallest absolute Gasteiger partial charge is 0.414 e. The van der Waals surface area contributed by atoms with E-state index < -0.39 is 11.9 Å². The van der Waals surface area contributed by atoms with E-state index >= 15 is 0 Å². The SMILES string of the molecule is CC(C)N(CC#CC=C(c1ccccc1)c1ccccc1)C(C)C.O=C(O)C(=O)O. The highest BCUT2D eigenvalue weighted by Crippen LogP contribution is 2.22. The van der Waals surface area contributed by atoms with E-state index in [1.54, 1.807) is 0 Å². The Balaban J connectivity index is 0.000000656. The van der Waals surface area contributed by atoms with Gasteiger partial charge in [0.15, 0.2) is 0 Å². The van der Waals surface area contributed by atoms with Crippen LogP contribution in [0.3, 0.4) is 0 Å². The molecule has 0 spiro atoms. The average Bonchev–Trinajstić information content (AvgIpc) is 2.71. The van der Waals surface area contributed by atoms with Gasteiger partial charge in [-0.15, -0.1) is 0 Å². The molecule has 0 aromatic heterocycles. The second-order valence-electron chi connectivity index (χ2n) is 7.08. The van der Waals surface area contributed by atoms with E-state index in [1.165, 1.54) is 16.7 Å². The first-order valence-electron chi connectivity index (χ1n) is 9.75. The number of nitrogens with zero attached hydrogens (tertiary/aromatic N) is 1. The van der Waals surface area contributed by atoms with Crippen LogP contribution in [0.4, 0.5) is 0 Å². The summed E-state index contributed by atoms with van der Waals surface area (Å²) in [5.41, 5.74) is 3.56. The zero-order chi connectivity index (χ0) is 22.5. The molecule has 30 heavy (non-hydrogen) atoms. The van der Waals surface area contributed by atoms with E-state index in [4.69, 9.17) is 19.8 Å². The number of rotatable bonds is 5. The third-order valence-electron chi connectivity index (χ3n) is 4.26. The molecule has 0 fully saturated rings. The zero-order valence-electron chi connectivity index (χ0n) is 17.9. The molecule has 0 aliphatic heterocycles. The number of carboxylic acids is 2. The lowest BCUT2D eigenvalue weighted by atomic mass is 9.98. The van der Waals surface area contributed by atoms with Crippen LogP contribution in [0, 0.1) is 11.8 Å². The summed E-state index contributed by atoms with van der Waals surface area (Å²) in [5.74, 6) is 2.94. The lowest BCUT2D eigenvalue weighted by molar-refractivity contribution is -0.159. The Bertz CT molecular complexity index is 829. The van der Waals surface area contributed by atoms with Gasteiger partial charge in [0, 0.05) is 12.1 Å². The van der Waals surface area contributed by atoms with Crippen LogP contribution in [0.2, 0.25) is 0 Å². The van der Waals surface area contributed by atoms with Crippen molar-refractivity contribution >= 4 is 17.5 Å². The van der Waals surface area contributed by atoms with Crippen LogP contribution in [0.1, 0.15) is 38.8 Å². The van der Waals surface area contributed by atoms with E-state index in [1.807, 2.05) is 18.2 Å². The van der Waals surface area contributed by atoms with E-state index in [-0.39, 0.29) is 0 Å². The number of allylic oxidation sites excluding steroid dienone is 1. The van der Waals surface area contributed by atoms with Gasteiger partial charge in [-0.1, -0.05) is 72.5 Å². The van der Waals surface area contributed by atoms with Gasteiger partial charge in [-0.2, -0.15) is 0 Å². The molecule has 0 aliphatic carbocycles. The molecular weight excluding hydrogens is 378 g/mol. The fourth-order valence-corrected chi connectivity index (χ4v) is 2.79. The molecule has 0 unspecified atom stereocenters. The van der Waals surface area contributed by atoms with Crippen molar-refractivity contribution in [1.82, 2.24) is 4.90 Å². The van der Waals surface area contributed by atoms with Gasteiger partial charge in [0.25, 0.3) is 0 Å². The summed E-state index contributed by atoms with van der Waals surface area (Å²) in [5, 5.41) is 14.8. The lowest BCUT2D eigenvalue weighted by Crippen LogP contribution is -2.37. The van der Waals surface area contributed by atoms with Gasteiger partial charge in [-0.25, -0.2) is 9.59 Å². The second-order valence-corrected chi connectivity index (χ2v) is 7.08. The monoisotopic (exact) mass is 407 g/mol. The zero-order valence-corrected chi connectivity index (χ0v) is 17.9. The number of carbonyl (C=O) groups is 2. The first-order chi connectivity index (χ1) is 14.2. The molecule has 2 aromatic carbocycles. The van der Waals surface area contributed by atoms with E-state index in [2.05, 4.69) is 93.0 Å². The van der Waals surface area contributed by atoms with Crippen molar-refractivity contribution in [1.29, 1.82) is 0 Å². The molecule has 0 bridgehead atoms. The third-order valence-corrected chi connectivity index (χ3v) is 4.26. The Hall–Kier alpha value is -3.36. The minimum Gasteiger partial charge on any atom is -0.473 e. The van der Waals surface area contributed by atoms with E-state index in [0.717, 1.165) is 6.54 Å². The second kappa shape index (κ2) is 13.0. The summed E-state index contributed by atoms with van der Waals surface area (Å²) >= 11 is 0. The van der Waals surface area contributed by atoms with Gasteiger partial charge < -0.3 is 10.2 Å². The van der Waals surface area contributed by atoms with Crippen LogP contribution in [0.15, 0.2) is 66.7 Å². The molecule has 0 heterocycles. The van der Waals surface area contributed by atoms with Crippen LogP contribution in [-0.4, -0.2) is 45.7 Å². The summed E-state index contributed by atoms with van der Waals surface area (Å²) in [6, 6.07) is 21.9. The highest BCUT2D eigenvalue weighted by atomic mass is 16.4. The molecule has 0 aliphatic rings. The molecule has 0 radical (unpaired) electrons. The summed E-state index contributed by atoms with van der Waals surface area (Å²) in [4.78, 5) is 20.6. The number of hydrogen-bond donors (Lipinski definition) is 2. The summed E-state index contributed by atoms with van der Waals surface area (Å²) in [6.07, 6.45) is 2.05. The van der Waals surface area contributed by atoms with Gasteiger partial charge in [0.05, 0.1) is 6.54 Å².